The third-order valence-electron chi connectivity index (χ3n) is 4.86. The van der Waals surface area contributed by atoms with E-state index in [1.54, 1.807) is 25.3 Å². The van der Waals surface area contributed by atoms with Crippen LogP contribution in [-0.4, -0.2) is 28.7 Å². The van der Waals surface area contributed by atoms with E-state index in [1.165, 1.54) is 0 Å². The zero-order valence-electron chi connectivity index (χ0n) is 15.6. The second-order valence-electron chi connectivity index (χ2n) is 7.02. The highest BCUT2D eigenvalue weighted by atomic mass is 16.6. The molecule has 28 heavy (non-hydrogen) atoms. The quantitative estimate of drug-likeness (QED) is 0.648. The summed E-state index contributed by atoms with van der Waals surface area (Å²) >= 11 is 0. The van der Waals surface area contributed by atoms with E-state index in [4.69, 9.17) is 4.74 Å². The van der Waals surface area contributed by atoms with Gasteiger partial charge in [-0.25, -0.2) is 4.79 Å². The van der Waals surface area contributed by atoms with Crippen molar-refractivity contribution in [3.8, 4) is 11.3 Å². The van der Waals surface area contributed by atoms with Gasteiger partial charge in [0.2, 0.25) is 0 Å². The summed E-state index contributed by atoms with van der Waals surface area (Å²) in [6, 6.07) is 14.8. The van der Waals surface area contributed by atoms with Crippen molar-refractivity contribution < 1.29 is 14.3 Å². The molecule has 0 saturated carbocycles. The van der Waals surface area contributed by atoms with Crippen LogP contribution in [0.5, 0.6) is 0 Å². The molecule has 1 aliphatic heterocycles. The van der Waals surface area contributed by atoms with Gasteiger partial charge in [0, 0.05) is 22.9 Å². The fourth-order valence-corrected chi connectivity index (χ4v) is 3.26. The lowest BCUT2D eigenvalue weighted by atomic mass is 9.90. The van der Waals surface area contributed by atoms with Crippen molar-refractivity contribution in [2.45, 2.75) is 19.4 Å². The van der Waals surface area contributed by atoms with E-state index in [1.807, 2.05) is 43.3 Å². The molecule has 3 N–H and O–H groups in total. The molecule has 0 fully saturated rings. The molecule has 2 heterocycles. The van der Waals surface area contributed by atoms with Crippen LogP contribution in [0.25, 0.3) is 11.3 Å². The topological polar surface area (TPSA) is 96.1 Å². The average Bonchev–Trinajstić information content (AvgIpc) is 3.21. The number of aromatic nitrogens is 2. The minimum atomic E-state index is -1.01. The Labute approximate surface area is 162 Å². The van der Waals surface area contributed by atoms with Gasteiger partial charge in [-0.05, 0) is 44.2 Å². The van der Waals surface area contributed by atoms with Crippen LogP contribution in [0.4, 0.5) is 10.5 Å². The third kappa shape index (κ3) is 3.34. The zero-order valence-corrected chi connectivity index (χ0v) is 15.6. The summed E-state index contributed by atoms with van der Waals surface area (Å²) in [5.74, 6) is -0.220. The standard InChI is InChI=1S/C21H20N4O3/c1-13-3-5-14(6-4-13)19(26)22-12-21(2)16-11-15(17-9-10-23-25-17)7-8-18(16)24-20(27)28-21/h3-11H,12H2,1-2H3,(H,22,26)(H,23,25)(H,24,27)/t21-/m1/s1. The van der Waals surface area contributed by atoms with Crippen molar-refractivity contribution >= 4 is 17.7 Å². The number of carbonyl (C=O) groups excluding carboxylic acids is 2. The van der Waals surface area contributed by atoms with Gasteiger partial charge < -0.3 is 10.1 Å². The predicted molar refractivity (Wildman–Crippen MR) is 105 cm³/mol. The van der Waals surface area contributed by atoms with Gasteiger partial charge in [0.1, 0.15) is 0 Å². The Balaban J connectivity index is 1.61. The second-order valence-corrected chi connectivity index (χ2v) is 7.02. The van der Waals surface area contributed by atoms with Crippen molar-refractivity contribution in [2.75, 3.05) is 11.9 Å². The number of carbonyl (C=O) groups is 2. The molecular formula is C21H20N4O3. The van der Waals surface area contributed by atoms with Crippen LogP contribution in [0, 0.1) is 6.92 Å². The van der Waals surface area contributed by atoms with Crippen molar-refractivity contribution in [1.29, 1.82) is 0 Å². The Hall–Kier alpha value is -3.61. The monoisotopic (exact) mass is 376 g/mol. The number of anilines is 1. The molecule has 0 spiro atoms. The number of cyclic esters (lactones) is 1. The number of hydrogen-bond acceptors (Lipinski definition) is 4. The molecule has 4 rings (SSSR count). The highest BCUT2D eigenvalue weighted by molar-refractivity contribution is 5.94. The minimum Gasteiger partial charge on any atom is -0.436 e. The van der Waals surface area contributed by atoms with Gasteiger partial charge >= 0.3 is 6.09 Å². The molecule has 3 aromatic rings. The minimum absolute atomic E-state index is 0.145. The number of amides is 2. The van der Waals surface area contributed by atoms with Crippen molar-refractivity contribution in [3.63, 3.8) is 0 Å². The smallest absolute Gasteiger partial charge is 0.412 e. The van der Waals surface area contributed by atoms with E-state index in [0.717, 1.165) is 22.4 Å². The summed E-state index contributed by atoms with van der Waals surface area (Å²) < 4.78 is 5.59. The van der Waals surface area contributed by atoms with Crippen molar-refractivity contribution in [2.24, 2.45) is 0 Å². The SMILES string of the molecule is Cc1ccc(C(=O)NC[C@@]2(C)OC(=O)Nc3ccc(-c4ccn[nH]4)cc32)cc1. The van der Waals surface area contributed by atoms with Gasteiger partial charge in [-0.3, -0.25) is 15.2 Å². The fraction of sp³-hybridized carbons (Fsp3) is 0.190. The Morgan fingerprint density at radius 1 is 1.18 bits per heavy atom. The number of aromatic amines is 1. The molecular weight excluding hydrogens is 356 g/mol. The van der Waals surface area contributed by atoms with Crippen LogP contribution >= 0.6 is 0 Å². The highest BCUT2D eigenvalue weighted by Gasteiger charge is 2.38. The van der Waals surface area contributed by atoms with Crippen LogP contribution in [0.2, 0.25) is 0 Å². The Bertz CT molecular complexity index is 1030. The molecule has 0 radical (unpaired) electrons. The number of nitrogens with zero attached hydrogens (tertiary/aromatic N) is 1. The number of hydrogen-bond donors (Lipinski definition) is 3. The first kappa shape index (κ1) is 17.8. The van der Waals surface area contributed by atoms with Gasteiger partial charge in [0.05, 0.1) is 17.9 Å². The predicted octanol–water partition coefficient (Wildman–Crippen LogP) is 3.59. The maximum absolute atomic E-state index is 12.5. The number of aryl methyl sites for hydroxylation is 1. The van der Waals surface area contributed by atoms with E-state index < -0.39 is 11.7 Å². The molecule has 1 aliphatic rings. The molecule has 1 aromatic heterocycles. The first-order valence-corrected chi connectivity index (χ1v) is 8.94. The first-order valence-electron chi connectivity index (χ1n) is 8.94. The number of H-pyrrole nitrogens is 1. The summed E-state index contributed by atoms with van der Waals surface area (Å²) in [6.07, 6.45) is 1.13. The Kier molecular flexibility index (Phi) is 4.35. The molecule has 0 aliphatic carbocycles. The normalized spacial score (nSPS) is 18.0. The fourth-order valence-electron chi connectivity index (χ4n) is 3.26. The van der Waals surface area contributed by atoms with E-state index in [-0.39, 0.29) is 12.5 Å². The number of fused-ring (bicyclic) bond motifs is 1. The number of ether oxygens (including phenoxy) is 1. The summed E-state index contributed by atoms with van der Waals surface area (Å²) in [6.45, 7) is 3.90. The van der Waals surface area contributed by atoms with Crippen LogP contribution in [-0.2, 0) is 10.3 Å². The lowest BCUT2D eigenvalue weighted by Crippen LogP contribution is -2.46. The lowest BCUT2D eigenvalue weighted by molar-refractivity contribution is 0.0262. The van der Waals surface area contributed by atoms with Gasteiger partial charge in [0.15, 0.2) is 5.60 Å². The van der Waals surface area contributed by atoms with E-state index in [0.29, 0.717) is 11.3 Å². The van der Waals surface area contributed by atoms with Crippen LogP contribution in [0.1, 0.15) is 28.4 Å². The van der Waals surface area contributed by atoms with Crippen LogP contribution < -0.4 is 10.6 Å². The number of nitrogens with one attached hydrogen (secondary N) is 3. The summed E-state index contributed by atoms with van der Waals surface area (Å²) in [7, 11) is 0. The molecule has 7 heteroatoms. The molecule has 142 valence electrons. The molecule has 1 atom stereocenters. The van der Waals surface area contributed by atoms with Crippen molar-refractivity contribution in [3.05, 3.63) is 71.4 Å². The first-order chi connectivity index (χ1) is 13.4. The Morgan fingerprint density at radius 2 is 1.96 bits per heavy atom. The third-order valence-corrected chi connectivity index (χ3v) is 4.86. The van der Waals surface area contributed by atoms with Gasteiger partial charge in [-0.2, -0.15) is 5.10 Å². The number of benzene rings is 2. The summed E-state index contributed by atoms with van der Waals surface area (Å²) in [5, 5.41) is 12.5. The zero-order chi connectivity index (χ0) is 19.7. The maximum atomic E-state index is 12.5. The van der Waals surface area contributed by atoms with E-state index >= 15 is 0 Å². The Morgan fingerprint density at radius 3 is 2.68 bits per heavy atom. The highest BCUT2D eigenvalue weighted by Crippen LogP contribution is 2.37. The largest absolute Gasteiger partial charge is 0.436 e. The van der Waals surface area contributed by atoms with Gasteiger partial charge in [-0.1, -0.05) is 23.8 Å². The summed E-state index contributed by atoms with van der Waals surface area (Å²) in [4.78, 5) is 24.6. The maximum Gasteiger partial charge on any atom is 0.412 e. The van der Waals surface area contributed by atoms with Crippen molar-refractivity contribution in [1.82, 2.24) is 15.5 Å². The van der Waals surface area contributed by atoms with Crippen LogP contribution in [0.15, 0.2) is 54.7 Å². The van der Waals surface area contributed by atoms with Gasteiger partial charge in [0.25, 0.3) is 5.91 Å². The molecule has 0 bridgehead atoms. The molecule has 0 saturated heterocycles. The van der Waals surface area contributed by atoms with E-state index in [2.05, 4.69) is 20.8 Å². The van der Waals surface area contributed by atoms with Crippen LogP contribution in [0.3, 0.4) is 0 Å². The average molecular weight is 376 g/mol. The van der Waals surface area contributed by atoms with Gasteiger partial charge in [-0.15, -0.1) is 0 Å². The summed E-state index contributed by atoms with van der Waals surface area (Å²) in [5.41, 5.74) is 3.83. The lowest BCUT2D eigenvalue weighted by Gasteiger charge is -2.36. The molecule has 7 nitrogen and oxygen atoms in total. The second kappa shape index (κ2) is 6.84. The van der Waals surface area contributed by atoms with E-state index in [9.17, 15) is 9.59 Å². The molecule has 0 unspecified atom stereocenters. The number of rotatable bonds is 4. The molecule has 2 amide bonds. The molecule has 2 aromatic carbocycles.